The Kier molecular flexibility index (Phi) is 8.25. The maximum Gasteiger partial charge on any atom is 0.191 e. The number of nitrogens with one attached hydrogen (secondary N) is 2. The molecule has 0 saturated carbocycles. The second kappa shape index (κ2) is 10.4. The third kappa shape index (κ3) is 6.33. The molecule has 0 bridgehead atoms. The molecule has 6 nitrogen and oxygen atoms in total. The predicted octanol–water partition coefficient (Wildman–Crippen LogP) is 3.87. The van der Waals surface area contributed by atoms with Gasteiger partial charge in [-0.1, -0.05) is 23.2 Å². The number of aryl methyl sites for hydroxylation is 2. The zero-order valence-corrected chi connectivity index (χ0v) is 17.8. The Morgan fingerprint density at radius 2 is 2.04 bits per heavy atom. The number of aliphatic imine (C=N–C) groups is 1. The highest BCUT2D eigenvalue weighted by Gasteiger charge is 2.09. The summed E-state index contributed by atoms with van der Waals surface area (Å²) in [4.78, 5) is 4.66. The molecule has 0 radical (unpaired) electrons. The first-order valence-electron chi connectivity index (χ1n) is 9.01. The van der Waals surface area contributed by atoms with Crippen LogP contribution in [0.5, 0.6) is 5.75 Å². The van der Waals surface area contributed by atoms with Crippen molar-refractivity contribution in [2.75, 3.05) is 19.7 Å². The third-order valence-electron chi connectivity index (χ3n) is 4.16. The lowest BCUT2D eigenvalue weighted by molar-refractivity contribution is 0.311. The fourth-order valence-electron chi connectivity index (χ4n) is 2.60. The van der Waals surface area contributed by atoms with Gasteiger partial charge in [-0.05, 0) is 45.4 Å². The molecule has 0 fully saturated rings. The highest BCUT2D eigenvalue weighted by Crippen LogP contribution is 2.27. The standard InChI is InChI=1S/C19H27Cl2N5O/c1-5-22-19(24-12-16-13(2)25-26(4)14(16)3)23-9-6-10-27-18-8-7-15(20)11-17(18)21/h7-8,11H,5-6,9-10,12H2,1-4H3,(H2,22,23,24). The van der Waals surface area contributed by atoms with Gasteiger partial charge in [0, 0.05) is 36.4 Å². The van der Waals surface area contributed by atoms with Crippen molar-refractivity contribution in [3.05, 3.63) is 45.2 Å². The molecular formula is C19H27Cl2N5O. The molecule has 0 unspecified atom stereocenters. The molecule has 2 rings (SSSR count). The number of halogens is 2. The predicted molar refractivity (Wildman–Crippen MR) is 112 cm³/mol. The smallest absolute Gasteiger partial charge is 0.191 e. The van der Waals surface area contributed by atoms with Crippen molar-refractivity contribution in [1.82, 2.24) is 20.4 Å². The number of nitrogens with zero attached hydrogens (tertiary/aromatic N) is 3. The molecule has 8 heteroatoms. The summed E-state index contributed by atoms with van der Waals surface area (Å²) in [5, 5.41) is 12.1. The van der Waals surface area contributed by atoms with E-state index in [4.69, 9.17) is 27.9 Å². The first-order chi connectivity index (χ1) is 12.9. The summed E-state index contributed by atoms with van der Waals surface area (Å²) in [6.07, 6.45) is 0.814. The van der Waals surface area contributed by atoms with E-state index < -0.39 is 0 Å². The topological polar surface area (TPSA) is 63.5 Å². The summed E-state index contributed by atoms with van der Waals surface area (Å²) < 4.78 is 7.58. The maximum atomic E-state index is 6.10. The molecule has 0 aliphatic heterocycles. The van der Waals surface area contributed by atoms with Gasteiger partial charge in [0.2, 0.25) is 0 Å². The second-order valence-electron chi connectivity index (χ2n) is 6.17. The van der Waals surface area contributed by atoms with Gasteiger partial charge in [-0.25, -0.2) is 4.99 Å². The minimum Gasteiger partial charge on any atom is -0.492 e. The fraction of sp³-hybridized carbons (Fsp3) is 0.474. The van der Waals surface area contributed by atoms with Crippen LogP contribution in [0.25, 0.3) is 0 Å². The van der Waals surface area contributed by atoms with Gasteiger partial charge in [-0.15, -0.1) is 0 Å². The minimum atomic E-state index is 0.521. The van der Waals surface area contributed by atoms with Crippen molar-refractivity contribution in [3.8, 4) is 5.75 Å². The van der Waals surface area contributed by atoms with Crippen molar-refractivity contribution < 1.29 is 4.74 Å². The van der Waals surface area contributed by atoms with Crippen LogP contribution in [-0.4, -0.2) is 35.4 Å². The van der Waals surface area contributed by atoms with E-state index in [1.54, 1.807) is 18.2 Å². The van der Waals surface area contributed by atoms with Gasteiger partial charge in [0.25, 0.3) is 0 Å². The Morgan fingerprint density at radius 3 is 2.67 bits per heavy atom. The Hall–Kier alpha value is -1.92. The van der Waals surface area contributed by atoms with Gasteiger partial charge in [0.15, 0.2) is 5.96 Å². The Bertz CT molecular complexity index is 789. The molecule has 1 aromatic carbocycles. The van der Waals surface area contributed by atoms with E-state index in [9.17, 15) is 0 Å². The van der Waals surface area contributed by atoms with Crippen LogP contribution in [0.4, 0.5) is 0 Å². The van der Waals surface area contributed by atoms with Crippen molar-refractivity contribution in [3.63, 3.8) is 0 Å². The van der Waals surface area contributed by atoms with E-state index in [-0.39, 0.29) is 0 Å². The summed E-state index contributed by atoms with van der Waals surface area (Å²) in [6, 6.07) is 5.22. The molecule has 2 aromatic rings. The molecule has 148 valence electrons. The highest BCUT2D eigenvalue weighted by molar-refractivity contribution is 6.35. The zero-order valence-electron chi connectivity index (χ0n) is 16.3. The molecule has 0 amide bonds. The van der Waals surface area contributed by atoms with Crippen molar-refractivity contribution in [2.45, 2.75) is 33.7 Å². The van der Waals surface area contributed by atoms with E-state index >= 15 is 0 Å². The highest BCUT2D eigenvalue weighted by atomic mass is 35.5. The van der Waals surface area contributed by atoms with Crippen LogP contribution in [0.3, 0.4) is 0 Å². The first-order valence-corrected chi connectivity index (χ1v) is 9.77. The molecular weight excluding hydrogens is 385 g/mol. The summed E-state index contributed by atoms with van der Waals surface area (Å²) in [6.45, 7) is 8.80. The van der Waals surface area contributed by atoms with Crippen LogP contribution in [0.15, 0.2) is 23.2 Å². The van der Waals surface area contributed by atoms with Crippen LogP contribution >= 0.6 is 23.2 Å². The molecule has 2 N–H and O–H groups in total. The van der Waals surface area contributed by atoms with Crippen LogP contribution in [0, 0.1) is 13.8 Å². The number of benzene rings is 1. The normalized spacial score (nSPS) is 11.6. The molecule has 0 aliphatic carbocycles. The Labute approximate surface area is 170 Å². The van der Waals surface area contributed by atoms with Gasteiger partial charge in [-0.2, -0.15) is 5.10 Å². The van der Waals surface area contributed by atoms with Crippen molar-refractivity contribution in [1.29, 1.82) is 0 Å². The SMILES string of the molecule is CCNC(=NCc1c(C)nn(C)c1C)NCCCOc1ccc(Cl)cc1Cl. The quantitative estimate of drug-likeness (QED) is 0.393. The van der Waals surface area contributed by atoms with E-state index in [1.807, 2.05) is 25.6 Å². The molecule has 1 aromatic heterocycles. The van der Waals surface area contributed by atoms with Gasteiger partial charge in [-0.3, -0.25) is 4.68 Å². The number of hydrogen-bond acceptors (Lipinski definition) is 3. The molecule has 0 atom stereocenters. The molecule has 0 spiro atoms. The summed E-state index contributed by atoms with van der Waals surface area (Å²) >= 11 is 12.0. The van der Waals surface area contributed by atoms with E-state index in [2.05, 4.69) is 27.6 Å². The van der Waals surface area contributed by atoms with Crippen LogP contribution in [0.2, 0.25) is 10.0 Å². The van der Waals surface area contributed by atoms with Crippen LogP contribution in [0.1, 0.15) is 30.3 Å². The molecule has 1 heterocycles. The second-order valence-corrected chi connectivity index (χ2v) is 7.02. The zero-order chi connectivity index (χ0) is 19.8. The first kappa shape index (κ1) is 21.4. The molecule has 0 aliphatic rings. The van der Waals surface area contributed by atoms with Gasteiger partial charge in [0.05, 0.1) is 23.9 Å². The minimum absolute atomic E-state index is 0.521. The Morgan fingerprint density at radius 1 is 1.26 bits per heavy atom. The lowest BCUT2D eigenvalue weighted by Gasteiger charge is -2.12. The number of hydrogen-bond donors (Lipinski definition) is 2. The largest absolute Gasteiger partial charge is 0.492 e. The average molecular weight is 412 g/mol. The monoisotopic (exact) mass is 411 g/mol. The van der Waals surface area contributed by atoms with E-state index in [1.165, 1.54) is 0 Å². The van der Waals surface area contributed by atoms with Gasteiger partial charge < -0.3 is 15.4 Å². The number of ether oxygens (including phenoxy) is 1. The van der Waals surface area contributed by atoms with Crippen molar-refractivity contribution in [2.24, 2.45) is 12.0 Å². The number of guanidine groups is 1. The van der Waals surface area contributed by atoms with Crippen LogP contribution < -0.4 is 15.4 Å². The maximum absolute atomic E-state index is 6.10. The third-order valence-corrected chi connectivity index (χ3v) is 4.69. The Balaban J connectivity index is 1.81. The summed E-state index contributed by atoms with van der Waals surface area (Å²) in [5.74, 6) is 1.42. The van der Waals surface area contributed by atoms with Crippen LogP contribution in [-0.2, 0) is 13.6 Å². The van der Waals surface area contributed by atoms with E-state index in [0.717, 1.165) is 42.4 Å². The fourth-order valence-corrected chi connectivity index (χ4v) is 3.06. The molecule has 0 saturated heterocycles. The van der Waals surface area contributed by atoms with E-state index in [0.29, 0.717) is 28.9 Å². The lowest BCUT2D eigenvalue weighted by Crippen LogP contribution is -2.38. The number of rotatable bonds is 8. The van der Waals surface area contributed by atoms with Gasteiger partial charge >= 0.3 is 0 Å². The lowest BCUT2D eigenvalue weighted by atomic mass is 10.2. The van der Waals surface area contributed by atoms with Crippen molar-refractivity contribution >= 4 is 29.2 Å². The van der Waals surface area contributed by atoms with Gasteiger partial charge in [0.1, 0.15) is 5.75 Å². The average Bonchev–Trinajstić information content (AvgIpc) is 2.86. The molecule has 27 heavy (non-hydrogen) atoms. The number of aromatic nitrogens is 2. The summed E-state index contributed by atoms with van der Waals surface area (Å²) in [7, 11) is 1.95. The summed E-state index contributed by atoms with van der Waals surface area (Å²) in [5.41, 5.74) is 3.32.